The molecule has 1 aliphatic rings. The lowest BCUT2D eigenvalue weighted by molar-refractivity contribution is 0.414. The van der Waals surface area contributed by atoms with E-state index < -0.39 is 0 Å². The fraction of sp³-hybridized carbons (Fsp3) is 0.500. The van der Waals surface area contributed by atoms with E-state index in [1.54, 1.807) is 13.4 Å². The summed E-state index contributed by atoms with van der Waals surface area (Å²) >= 11 is 0. The van der Waals surface area contributed by atoms with Crippen molar-refractivity contribution in [3.63, 3.8) is 0 Å². The van der Waals surface area contributed by atoms with Gasteiger partial charge in [-0.05, 0) is 49.8 Å². The van der Waals surface area contributed by atoms with E-state index >= 15 is 0 Å². The molecule has 0 bridgehead atoms. The number of hydrogen-bond acceptors (Lipinski definition) is 5. The molecule has 2 heterocycles. The molecule has 1 saturated heterocycles. The number of piperidine rings is 1. The highest BCUT2D eigenvalue weighted by atomic mass is 16.5. The van der Waals surface area contributed by atoms with Gasteiger partial charge in [-0.15, -0.1) is 0 Å². The highest BCUT2D eigenvalue weighted by Gasteiger charge is 2.22. The van der Waals surface area contributed by atoms with E-state index in [9.17, 15) is 0 Å². The van der Waals surface area contributed by atoms with E-state index in [1.165, 1.54) is 31.2 Å². The molecular weight excluding hydrogens is 312 g/mol. The highest BCUT2D eigenvalue weighted by molar-refractivity contribution is 5.49. The van der Waals surface area contributed by atoms with Gasteiger partial charge < -0.3 is 15.0 Å². The third-order valence-corrected chi connectivity index (χ3v) is 4.90. The van der Waals surface area contributed by atoms with Gasteiger partial charge in [0.1, 0.15) is 23.7 Å². The van der Waals surface area contributed by atoms with Gasteiger partial charge in [0.2, 0.25) is 0 Å². The second kappa shape index (κ2) is 8.70. The fourth-order valence-corrected chi connectivity index (χ4v) is 3.49. The second-order valence-electron chi connectivity index (χ2n) is 6.54. The van der Waals surface area contributed by atoms with Crippen LogP contribution in [-0.4, -0.2) is 36.2 Å². The van der Waals surface area contributed by atoms with Gasteiger partial charge >= 0.3 is 0 Å². The summed E-state index contributed by atoms with van der Waals surface area (Å²) in [7, 11) is 1.70. The Hall–Kier alpha value is -2.30. The first kappa shape index (κ1) is 17.5. The highest BCUT2D eigenvalue weighted by Crippen LogP contribution is 2.25. The van der Waals surface area contributed by atoms with Crippen LogP contribution in [0.1, 0.15) is 38.2 Å². The monoisotopic (exact) mass is 340 g/mol. The molecule has 1 atom stereocenters. The van der Waals surface area contributed by atoms with Crippen molar-refractivity contribution in [2.75, 3.05) is 30.4 Å². The van der Waals surface area contributed by atoms with E-state index in [0.29, 0.717) is 6.04 Å². The summed E-state index contributed by atoms with van der Waals surface area (Å²) in [6, 6.07) is 10.9. The maximum atomic E-state index is 5.28. The standard InChI is InChI=1S/C20H28N4O/c1-3-17-8-4-5-12-24(17)20-14-19(22-15-23-20)21-11-10-16-7-6-9-18(13-16)25-2/h6-7,9,13-15,17H,3-5,8,10-12H2,1-2H3,(H,21,22,23). The van der Waals surface area contributed by atoms with Crippen molar-refractivity contribution < 1.29 is 4.74 Å². The Morgan fingerprint density at radius 1 is 1.24 bits per heavy atom. The number of benzene rings is 1. The minimum Gasteiger partial charge on any atom is -0.497 e. The number of ether oxygens (including phenoxy) is 1. The summed E-state index contributed by atoms with van der Waals surface area (Å²) in [5, 5.41) is 3.42. The number of methoxy groups -OCH3 is 1. The van der Waals surface area contributed by atoms with Crippen LogP contribution < -0.4 is 15.0 Å². The zero-order chi connectivity index (χ0) is 17.5. The van der Waals surface area contributed by atoms with Crippen LogP contribution in [0.2, 0.25) is 0 Å². The lowest BCUT2D eigenvalue weighted by Gasteiger charge is -2.36. The number of rotatable bonds is 7. The first-order valence-corrected chi connectivity index (χ1v) is 9.25. The zero-order valence-electron chi connectivity index (χ0n) is 15.2. The Kier molecular flexibility index (Phi) is 6.09. The molecule has 0 radical (unpaired) electrons. The minimum atomic E-state index is 0.605. The van der Waals surface area contributed by atoms with Gasteiger partial charge in [-0.3, -0.25) is 0 Å². The molecule has 1 aromatic carbocycles. The van der Waals surface area contributed by atoms with Gasteiger partial charge in [0.05, 0.1) is 7.11 Å². The minimum absolute atomic E-state index is 0.605. The molecule has 0 spiro atoms. The van der Waals surface area contributed by atoms with E-state index in [0.717, 1.165) is 36.9 Å². The van der Waals surface area contributed by atoms with Gasteiger partial charge in [-0.1, -0.05) is 19.1 Å². The van der Waals surface area contributed by atoms with Gasteiger partial charge in [0, 0.05) is 25.2 Å². The predicted octanol–water partition coefficient (Wildman–Crippen LogP) is 3.91. The first-order valence-electron chi connectivity index (χ1n) is 9.25. The first-order chi connectivity index (χ1) is 12.3. The van der Waals surface area contributed by atoms with Crippen LogP contribution in [0.4, 0.5) is 11.6 Å². The maximum absolute atomic E-state index is 5.28. The normalized spacial score (nSPS) is 17.4. The average molecular weight is 340 g/mol. The summed E-state index contributed by atoms with van der Waals surface area (Å²) in [4.78, 5) is 11.3. The zero-order valence-corrected chi connectivity index (χ0v) is 15.2. The van der Waals surface area contributed by atoms with Crippen LogP contribution in [0.5, 0.6) is 5.75 Å². The number of aromatic nitrogens is 2. The van der Waals surface area contributed by atoms with Crippen molar-refractivity contribution in [1.82, 2.24) is 9.97 Å². The summed E-state index contributed by atoms with van der Waals surface area (Å²) in [5.41, 5.74) is 1.25. The van der Waals surface area contributed by atoms with E-state index in [2.05, 4.69) is 45.3 Å². The molecule has 5 heteroatoms. The Morgan fingerprint density at radius 3 is 3.00 bits per heavy atom. The van der Waals surface area contributed by atoms with Crippen molar-refractivity contribution in [3.05, 3.63) is 42.2 Å². The Bertz CT molecular complexity index is 676. The summed E-state index contributed by atoms with van der Waals surface area (Å²) in [5.74, 6) is 2.84. The topological polar surface area (TPSA) is 50.3 Å². The fourth-order valence-electron chi connectivity index (χ4n) is 3.49. The van der Waals surface area contributed by atoms with Crippen LogP contribution in [0.3, 0.4) is 0 Å². The number of nitrogens with zero attached hydrogens (tertiary/aromatic N) is 3. The third kappa shape index (κ3) is 4.62. The van der Waals surface area contributed by atoms with Crippen molar-refractivity contribution in [2.24, 2.45) is 0 Å². The summed E-state index contributed by atoms with van der Waals surface area (Å²) in [6.45, 7) is 4.19. The van der Waals surface area contributed by atoms with E-state index in [4.69, 9.17) is 4.74 Å². The Labute approximate surface area is 150 Å². The Morgan fingerprint density at radius 2 is 2.16 bits per heavy atom. The maximum Gasteiger partial charge on any atom is 0.134 e. The van der Waals surface area contributed by atoms with Crippen LogP contribution in [0.15, 0.2) is 36.7 Å². The molecule has 1 unspecified atom stereocenters. The molecule has 0 saturated carbocycles. The average Bonchev–Trinajstić information content (AvgIpc) is 2.68. The number of anilines is 2. The van der Waals surface area contributed by atoms with Crippen molar-refractivity contribution in [3.8, 4) is 5.75 Å². The van der Waals surface area contributed by atoms with Crippen LogP contribution in [0, 0.1) is 0 Å². The molecule has 1 fully saturated rings. The molecule has 1 N–H and O–H groups in total. The SMILES string of the molecule is CCC1CCCCN1c1cc(NCCc2cccc(OC)c2)ncn1. The largest absolute Gasteiger partial charge is 0.497 e. The molecule has 2 aromatic rings. The van der Waals surface area contributed by atoms with E-state index in [1.807, 2.05) is 12.1 Å². The van der Waals surface area contributed by atoms with Crippen molar-refractivity contribution in [1.29, 1.82) is 0 Å². The smallest absolute Gasteiger partial charge is 0.134 e. The van der Waals surface area contributed by atoms with Gasteiger partial charge in [-0.25, -0.2) is 9.97 Å². The molecule has 0 aliphatic carbocycles. The summed E-state index contributed by atoms with van der Waals surface area (Å²) in [6.07, 6.45) is 7.61. The van der Waals surface area contributed by atoms with Crippen molar-refractivity contribution in [2.45, 2.75) is 45.1 Å². The molecule has 1 aromatic heterocycles. The lowest BCUT2D eigenvalue weighted by atomic mass is 10.0. The predicted molar refractivity (Wildman–Crippen MR) is 102 cm³/mol. The molecule has 134 valence electrons. The molecule has 3 rings (SSSR count). The molecule has 1 aliphatic heterocycles. The Balaban J connectivity index is 1.59. The van der Waals surface area contributed by atoms with Gasteiger partial charge in [-0.2, -0.15) is 0 Å². The third-order valence-electron chi connectivity index (χ3n) is 4.90. The van der Waals surface area contributed by atoms with Gasteiger partial charge in [0.15, 0.2) is 0 Å². The van der Waals surface area contributed by atoms with Crippen LogP contribution >= 0.6 is 0 Å². The summed E-state index contributed by atoms with van der Waals surface area (Å²) < 4.78 is 5.28. The molecule has 0 amide bonds. The molecule has 5 nitrogen and oxygen atoms in total. The van der Waals surface area contributed by atoms with Crippen molar-refractivity contribution >= 4 is 11.6 Å². The molecular formula is C20H28N4O. The lowest BCUT2D eigenvalue weighted by Crippen LogP contribution is -2.39. The quantitative estimate of drug-likeness (QED) is 0.828. The van der Waals surface area contributed by atoms with Gasteiger partial charge in [0.25, 0.3) is 0 Å². The number of nitrogens with one attached hydrogen (secondary N) is 1. The number of hydrogen-bond donors (Lipinski definition) is 1. The second-order valence-corrected chi connectivity index (χ2v) is 6.54. The molecule has 25 heavy (non-hydrogen) atoms. The van der Waals surface area contributed by atoms with Crippen LogP contribution in [-0.2, 0) is 6.42 Å². The van der Waals surface area contributed by atoms with Crippen LogP contribution in [0.25, 0.3) is 0 Å². The van der Waals surface area contributed by atoms with E-state index in [-0.39, 0.29) is 0 Å².